The number of hydrogen-bond donors (Lipinski definition) is 1. The lowest BCUT2D eigenvalue weighted by molar-refractivity contribution is -0.111. The number of benzene rings is 2. The molecule has 0 saturated heterocycles. The summed E-state index contributed by atoms with van der Waals surface area (Å²) in [5.41, 5.74) is 7.81. The van der Waals surface area contributed by atoms with Crippen molar-refractivity contribution in [2.24, 2.45) is 0 Å². The number of methoxy groups -OCH3 is 2. The van der Waals surface area contributed by atoms with Crippen LogP contribution in [0.2, 0.25) is 0 Å². The van der Waals surface area contributed by atoms with E-state index in [1.807, 2.05) is 19.9 Å². The number of para-hydroxylation sites is 1. The SMILES string of the molecule is COc1c(C)c(OC)c2c(c1C)C(C(=O)CI)=C1Nc3ccccc3C1(C)C2. The van der Waals surface area contributed by atoms with Crippen LogP contribution in [0.4, 0.5) is 5.69 Å². The molecule has 0 saturated carbocycles. The highest BCUT2D eigenvalue weighted by Crippen LogP contribution is 2.55. The fraction of sp³-hybridized carbons (Fsp3) is 0.348. The standard InChI is InChI=1S/C23H24INO3/c1-12-18-14(21(28-5)13(2)20(12)27-4)10-23(3)15-8-6-7-9-16(15)25-22(23)19(18)17(26)11-24/h6-9,25H,10-11H2,1-5H3. The molecule has 1 N–H and O–H groups in total. The van der Waals surface area contributed by atoms with Crippen molar-refractivity contribution < 1.29 is 14.3 Å². The number of nitrogens with one attached hydrogen (secondary N) is 1. The average Bonchev–Trinajstić information content (AvgIpc) is 2.99. The zero-order chi connectivity index (χ0) is 20.2. The van der Waals surface area contributed by atoms with E-state index in [0.29, 0.717) is 4.43 Å². The number of carbonyl (C=O) groups excluding carboxylic acids is 1. The molecule has 28 heavy (non-hydrogen) atoms. The summed E-state index contributed by atoms with van der Waals surface area (Å²) in [5, 5.41) is 3.57. The molecule has 1 atom stereocenters. The van der Waals surface area contributed by atoms with Crippen LogP contribution in [0.5, 0.6) is 11.5 Å². The molecule has 0 spiro atoms. The van der Waals surface area contributed by atoms with E-state index in [0.717, 1.165) is 57.1 Å². The number of rotatable bonds is 4. The molecule has 5 heteroatoms. The Morgan fingerprint density at radius 2 is 1.82 bits per heavy atom. The van der Waals surface area contributed by atoms with Crippen LogP contribution in [0.25, 0.3) is 5.57 Å². The van der Waals surface area contributed by atoms with Crippen LogP contribution >= 0.6 is 22.6 Å². The van der Waals surface area contributed by atoms with Crippen LogP contribution in [-0.4, -0.2) is 24.4 Å². The summed E-state index contributed by atoms with van der Waals surface area (Å²) >= 11 is 2.15. The zero-order valence-corrected chi connectivity index (χ0v) is 19.0. The van der Waals surface area contributed by atoms with E-state index >= 15 is 0 Å². The maximum atomic E-state index is 13.2. The summed E-state index contributed by atoms with van der Waals surface area (Å²) in [4.78, 5) is 13.2. The Morgan fingerprint density at radius 1 is 1.14 bits per heavy atom. The van der Waals surface area contributed by atoms with Gasteiger partial charge in [-0.25, -0.2) is 0 Å². The Hall–Kier alpha value is -2.02. The molecule has 1 unspecified atom stereocenters. The minimum absolute atomic E-state index is 0.124. The predicted molar refractivity (Wildman–Crippen MR) is 121 cm³/mol. The Labute approximate surface area is 179 Å². The summed E-state index contributed by atoms with van der Waals surface area (Å²) in [7, 11) is 3.37. The molecule has 0 aromatic heterocycles. The number of fused-ring (bicyclic) bond motifs is 4. The van der Waals surface area contributed by atoms with Crippen LogP contribution in [0.15, 0.2) is 30.0 Å². The van der Waals surface area contributed by atoms with Crippen LogP contribution < -0.4 is 14.8 Å². The molecule has 4 rings (SSSR count). The van der Waals surface area contributed by atoms with Gasteiger partial charge in [0.15, 0.2) is 5.78 Å². The van der Waals surface area contributed by atoms with Crippen LogP contribution in [0.1, 0.15) is 34.7 Å². The third-order valence-electron chi connectivity index (χ3n) is 6.14. The Morgan fingerprint density at radius 3 is 2.46 bits per heavy atom. The molecule has 0 amide bonds. The van der Waals surface area contributed by atoms with Gasteiger partial charge in [0.1, 0.15) is 11.5 Å². The normalized spacial score (nSPS) is 19.5. The third-order valence-corrected chi connectivity index (χ3v) is 6.84. The number of anilines is 1. The van der Waals surface area contributed by atoms with Crippen LogP contribution in [0, 0.1) is 13.8 Å². The first-order chi connectivity index (χ1) is 13.4. The third kappa shape index (κ3) is 2.44. The molecule has 0 bridgehead atoms. The number of hydrogen-bond acceptors (Lipinski definition) is 4. The maximum Gasteiger partial charge on any atom is 0.174 e. The molecular formula is C23H24INO3. The first-order valence-electron chi connectivity index (χ1n) is 9.33. The Balaban J connectivity index is 2.13. The lowest BCUT2D eigenvalue weighted by Gasteiger charge is -2.36. The van der Waals surface area contributed by atoms with Crippen molar-refractivity contribution >= 4 is 39.6 Å². The number of allylic oxidation sites excluding steroid dienone is 2. The van der Waals surface area contributed by atoms with Gasteiger partial charge in [0.2, 0.25) is 0 Å². The molecule has 4 nitrogen and oxygen atoms in total. The number of carbonyl (C=O) groups is 1. The van der Waals surface area contributed by atoms with E-state index < -0.39 is 0 Å². The lowest BCUT2D eigenvalue weighted by Crippen LogP contribution is -2.33. The van der Waals surface area contributed by atoms with Crippen molar-refractivity contribution in [2.75, 3.05) is 24.0 Å². The van der Waals surface area contributed by atoms with Crippen molar-refractivity contribution in [3.63, 3.8) is 0 Å². The molecule has 2 aromatic rings. The second-order valence-corrected chi connectivity index (χ2v) is 8.42. The van der Waals surface area contributed by atoms with Crippen molar-refractivity contribution in [2.45, 2.75) is 32.6 Å². The molecule has 2 aliphatic rings. The van der Waals surface area contributed by atoms with E-state index in [2.05, 4.69) is 53.0 Å². The Kier molecular flexibility index (Phi) is 4.68. The second-order valence-electron chi connectivity index (χ2n) is 7.66. The van der Waals surface area contributed by atoms with Gasteiger partial charge >= 0.3 is 0 Å². The highest BCUT2D eigenvalue weighted by Gasteiger charge is 2.47. The van der Waals surface area contributed by atoms with Gasteiger partial charge in [0, 0.05) is 39.1 Å². The molecule has 2 aromatic carbocycles. The minimum Gasteiger partial charge on any atom is -0.496 e. The number of ketones is 1. The molecule has 146 valence electrons. The zero-order valence-electron chi connectivity index (χ0n) is 16.8. The average molecular weight is 489 g/mol. The van der Waals surface area contributed by atoms with Gasteiger partial charge in [-0.05, 0) is 44.4 Å². The summed E-state index contributed by atoms with van der Waals surface area (Å²) in [6, 6.07) is 8.33. The monoisotopic (exact) mass is 489 g/mol. The molecule has 1 aliphatic carbocycles. The van der Waals surface area contributed by atoms with Crippen LogP contribution in [0.3, 0.4) is 0 Å². The van der Waals surface area contributed by atoms with Crippen molar-refractivity contribution in [1.82, 2.24) is 0 Å². The largest absolute Gasteiger partial charge is 0.496 e. The maximum absolute atomic E-state index is 13.2. The summed E-state index contributed by atoms with van der Waals surface area (Å²) in [6.45, 7) is 6.28. The lowest BCUT2D eigenvalue weighted by atomic mass is 9.68. The Bertz CT molecular complexity index is 1040. The van der Waals surface area contributed by atoms with Gasteiger partial charge in [-0.3, -0.25) is 4.79 Å². The van der Waals surface area contributed by atoms with Gasteiger partial charge in [-0.2, -0.15) is 0 Å². The fourth-order valence-corrected chi connectivity index (χ4v) is 5.36. The number of alkyl halides is 1. The predicted octanol–water partition coefficient (Wildman–Crippen LogP) is 4.98. The van der Waals surface area contributed by atoms with E-state index in [4.69, 9.17) is 9.47 Å². The van der Waals surface area contributed by atoms with Gasteiger partial charge in [0.05, 0.1) is 18.6 Å². The highest BCUT2D eigenvalue weighted by molar-refractivity contribution is 14.1. The fourth-order valence-electron chi connectivity index (χ4n) is 4.98. The van der Waals surface area contributed by atoms with E-state index in [1.165, 1.54) is 5.56 Å². The van der Waals surface area contributed by atoms with Gasteiger partial charge < -0.3 is 14.8 Å². The molecular weight excluding hydrogens is 465 g/mol. The summed E-state index contributed by atoms with van der Waals surface area (Å²) in [6.07, 6.45) is 0.772. The van der Waals surface area contributed by atoms with Gasteiger partial charge in [0.25, 0.3) is 0 Å². The number of ether oxygens (including phenoxy) is 2. The first-order valence-corrected chi connectivity index (χ1v) is 10.9. The smallest absolute Gasteiger partial charge is 0.174 e. The quantitative estimate of drug-likeness (QED) is 0.487. The van der Waals surface area contributed by atoms with Crippen LogP contribution in [-0.2, 0) is 16.6 Å². The van der Waals surface area contributed by atoms with Crippen molar-refractivity contribution in [1.29, 1.82) is 0 Å². The van der Waals surface area contributed by atoms with Crippen molar-refractivity contribution in [3.05, 3.63) is 57.8 Å². The van der Waals surface area contributed by atoms with E-state index in [1.54, 1.807) is 14.2 Å². The number of Topliss-reactive ketones (excluding diaryl/α,β-unsaturated/α-hetero) is 1. The van der Waals surface area contributed by atoms with Gasteiger partial charge in [-0.15, -0.1) is 0 Å². The topological polar surface area (TPSA) is 47.6 Å². The van der Waals surface area contributed by atoms with Gasteiger partial charge in [-0.1, -0.05) is 40.8 Å². The van der Waals surface area contributed by atoms with E-state index in [9.17, 15) is 4.79 Å². The highest BCUT2D eigenvalue weighted by atomic mass is 127. The molecule has 1 heterocycles. The molecule has 0 radical (unpaired) electrons. The number of halogens is 1. The van der Waals surface area contributed by atoms with Crippen molar-refractivity contribution in [3.8, 4) is 11.5 Å². The molecule has 0 fully saturated rings. The first kappa shape index (κ1) is 19.3. The summed E-state index contributed by atoms with van der Waals surface area (Å²) < 4.78 is 12.0. The molecule has 1 aliphatic heterocycles. The second kappa shape index (κ2) is 6.79. The van der Waals surface area contributed by atoms with E-state index in [-0.39, 0.29) is 11.2 Å². The summed E-state index contributed by atoms with van der Waals surface area (Å²) in [5.74, 6) is 1.73. The minimum atomic E-state index is -0.291.